The molecule has 0 amide bonds. The van der Waals surface area contributed by atoms with E-state index >= 15 is 4.39 Å². The number of carbonyl (C=O) groups excluding carboxylic acids is 1. The Hall–Kier alpha value is -2.29. The van der Waals surface area contributed by atoms with E-state index in [0.717, 1.165) is 6.42 Å². The fourth-order valence-electron chi connectivity index (χ4n) is 3.79. The molecule has 9 heteroatoms. The van der Waals surface area contributed by atoms with Gasteiger partial charge in [-0.05, 0) is 25.5 Å². The van der Waals surface area contributed by atoms with Gasteiger partial charge in [0, 0.05) is 0 Å². The van der Waals surface area contributed by atoms with Crippen LogP contribution in [-0.4, -0.2) is 38.9 Å². The van der Waals surface area contributed by atoms with Crippen molar-refractivity contribution in [3.05, 3.63) is 23.9 Å². The Kier molecular flexibility index (Phi) is 5.56. The van der Waals surface area contributed by atoms with Crippen LogP contribution in [0.1, 0.15) is 52.3 Å². The van der Waals surface area contributed by atoms with Crippen molar-refractivity contribution in [1.29, 1.82) is 0 Å². The monoisotopic (exact) mass is 396 g/mol. The Bertz CT molecular complexity index is 872. The Morgan fingerprint density at radius 1 is 1.46 bits per heavy atom. The van der Waals surface area contributed by atoms with Crippen molar-refractivity contribution >= 4 is 17.3 Å². The molecular formula is C19H26F2N4O3. The molecule has 1 fully saturated rings. The first kappa shape index (κ1) is 20.4. The second kappa shape index (κ2) is 7.62. The molecule has 0 saturated carbocycles. The standard InChI is InChI=1S/C19H26F2N4O3/c1-5-8-19(4)11(9-27-17(26)10(2)3)14(20)15(28-19)12-6-7-13-16(22)23-18(21)24-25(12)13/h6-7,10-11,14-15H,5,8-9H2,1-4H3,(H2,22,23,24). The van der Waals surface area contributed by atoms with Gasteiger partial charge in [-0.3, -0.25) is 4.79 Å². The van der Waals surface area contributed by atoms with Gasteiger partial charge in [0.1, 0.15) is 17.8 Å². The highest BCUT2D eigenvalue weighted by Crippen LogP contribution is 2.48. The van der Waals surface area contributed by atoms with Gasteiger partial charge in [-0.15, -0.1) is 5.10 Å². The van der Waals surface area contributed by atoms with Crippen LogP contribution in [-0.2, 0) is 14.3 Å². The second-order valence-corrected chi connectivity index (χ2v) is 7.76. The van der Waals surface area contributed by atoms with Gasteiger partial charge in [0.05, 0.1) is 29.7 Å². The maximum atomic E-state index is 15.5. The predicted octanol–water partition coefficient (Wildman–Crippen LogP) is 3.23. The third kappa shape index (κ3) is 3.55. The number of esters is 1. The average molecular weight is 396 g/mol. The van der Waals surface area contributed by atoms with Crippen LogP contribution in [0.4, 0.5) is 14.6 Å². The molecule has 154 valence electrons. The number of hydrogen-bond donors (Lipinski definition) is 1. The molecule has 1 aliphatic rings. The van der Waals surface area contributed by atoms with E-state index in [0.29, 0.717) is 17.6 Å². The number of nitrogens with two attached hydrogens (primary N) is 1. The van der Waals surface area contributed by atoms with Gasteiger partial charge in [-0.1, -0.05) is 27.2 Å². The van der Waals surface area contributed by atoms with Crippen LogP contribution in [0.2, 0.25) is 0 Å². The summed E-state index contributed by atoms with van der Waals surface area (Å²) in [6.45, 7) is 7.15. The quantitative estimate of drug-likeness (QED) is 0.754. The molecule has 0 spiro atoms. The van der Waals surface area contributed by atoms with Crippen molar-refractivity contribution in [3.63, 3.8) is 0 Å². The molecule has 28 heavy (non-hydrogen) atoms. The highest BCUT2D eigenvalue weighted by molar-refractivity contribution is 5.71. The van der Waals surface area contributed by atoms with E-state index in [2.05, 4.69) is 10.1 Å². The number of nitrogen functional groups attached to an aromatic ring is 1. The maximum Gasteiger partial charge on any atom is 0.327 e. The number of fused-ring (bicyclic) bond motifs is 1. The van der Waals surface area contributed by atoms with Gasteiger partial charge in [-0.25, -0.2) is 8.91 Å². The minimum absolute atomic E-state index is 0.0362. The number of alkyl halides is 1. The molecule has 0 bridgehead atoms. The lowest BCUT2D eigenvalue weighted by Gasteiger charge is -2.30. The summed E-state index contributed by atoms with van der Waals surface area (Å²) in [6.07, 6.45) is -2.11. The first-order chi connectivity index (χ1) is 13.2. The zero-order chi connectivity index (χ0) is 20.6. The van der Waals surface area contributed by atoms with E-state index in [1.165, 1.54) is 4.52 Å². The summed E-state index contributed by atoms with van der Waals surface area (Å²) < 4.78 is 41.8. The molecule has 0 aromatic carbocycles. The summed E-state index contributed by atoms with van der Waals surface area (Å²) in [5, 5.41) is 3.72. The number of rotatable bonds is 6. The van der Waals surface area contributed by atoms with Gasteiger partial charge in [0.15, 0.2) is 5.82 Å². The second-order valence-electron chi connectivity index (χ2n) is 7.76. The van der Waals surface area contributed by atoms with Crippen molar-refractivity contribution in [2.75, 3.05) is 12.3 Å². The molecule has 0 radical (unpaired) electrons. The zero-order valence-electron chi connectivity index (χ0n) is 16.5. The summed E-state index contributed by atoms with van der Waals surface area (Å²) in [6, 6.07) is 3.20. The van der Waals surface area contributed by atoms with Gasteiger partial charge < -0.3 is 15.2 Å². The highest BCUT2D eigenvalue weighted by Gasteiger charge is 2.54. The van der Waals surface area contributed by atoms with Crippen molar-refractivity contribution in [3.8, 4) is 0 Å². The molecule has 3 heterocycles. The van der Waals surface area contributed by atoms with E-state index in [1.807, 2.05) is 13.8 Å². The molecule has 4 unspecified atom stereocenters. The SMILES string of the molecule is CCCC1(C)OC(c2ccc3c(N)nc(F)nn23)C(F)C1COC(=O)C(C)C. The van der Waals surface area contributed by atoms with Crippen LogP contribution < -0.4 is 5.73 Å². The Labute approximate surface area is 162 Å². The third-order valence-electron chi connectivity index (χ3n) is 5.31. The van der Waals surface area contributed by atoms with Gasteiger partial charge in [0.2, 0.25) is 0 Å². The zero-order valence-corrected chi connectivity index (χ0v) is 16.5. The van der Waals surface area contributed by atoms with Crippen LogP contribution in [0, 0.1) is 17.9 Å². The number of carbonyl (C=O) groups is 1. The molecule has 1 aliphatic heterocycles. The summed E-state index contributed by atoms with van der Waals surface area (Å²) in [5.41, 5.74) is 5.62. The molecule has 2 N–H and O–H groups in total. The van der Waals surface area contributed by atoms with Crippen molar-refractivity contribution in [2.24, 2.45) is 11.8 Å². The molecule has 2 aromatic rings. The van der Waals surface area contributed by atoms with E-state index in [1.54, 1.807) is 26.0 Å². The molecule has 1 saturated heterocycles. The highest BCUT2D eigenvalue weighted by atomic mass is 19.1. The Morgan fingerprint density at radius 2 is 2.18 bits per heavy atom. The van der Waals surface area contributed by atoms with Gasteiger partial charge in [-0.2, -0.15) is 9.37 Å². The smallest absolute Gasteiger partial charge is 0.327 e. The summed E-state index contributed by atoms with van der Waals surface area (Å²) in [4.78, 5) is 15.4. The van der Waals surface area contributed by atoms with E-state index in [9.17, 15) is 9.18 Å². The van der Waals surface area contributed by atoms with Gasteiger partial charge in [0.25, 0.3) is 0 Å². The summed E-state index contributed by atoms with van der Waals surface area (Å²) >= 11 is 0. The number of aromatic nitrogens is 3. The van der Waals surface area contributed by atoms with E-state index < -0.39 is 29.9 Å². The van der Waals surface area contributed by atoms with Crippen molar-refractivity contribution in [2.45, 2.75) is 58.4 Å². The maximum absolute atomic E-state index is 15.5. The molecule has 0 aliphatic carbocycles. The lowest BCUT2D eigenvalue weighted by molar-refractivity contribution is -0.151. The van der Waals surface area contributed by atoms with E-state index in [-0.39, 0.29) is 24.3 Å². The minimum Gasteiger partial charge on any atom is -0.465 e. The Morgan fingerprint density at radius 3 is 2.82 bits per heavy atom. The van der Waals surface area contributed by atoms with E-state index in [4.69, 9.17) is 15.2 Å². The van der Waals surface area contributed by atoms with Crippen molar-refractivity contribution in [1.82, 2.24) is 14.6 Å². The molecule has 3 rings (SSSR count). The number of hydrogen-bond acceptors (Lipinski definition) is 6. The Balaban J connectivity index is 1.94. The molecule has 7 nitrogen and oxygen atoms in total. The summed E-state index contributed by atoms with van der Waals surface area (Å²) in [7, 11) is 0. The van der Waals surface area contributed by atoms with Gasteiger partial charge >= 0.3 is 12.0 Å². The largest absolute Gasteiger partial charge is 0.465 e. The minimum atomic E-state index is -1.46. The predicted molar refractivity (Wildman–Crippen MR) is 98.7 cm³/mol. The number of anilines is 1. The van der Waals surface area contributed by atoms with Crippen LogP contribution >= 0.6 is 0 Å². The summed E-state index contributed by atoms with van der Waals surface area (Å²) in [5.74, 6) is -1.38. The average Bonchev–Trinajstić information content (AvgIpc) is 3.12. The first-order valence-corrected chi connectivity index (χ1v) is 9.47. The third-order valence-corrected chi connectivity index (χ3v) is 5.31. The van der Waals surface area contributed by atoms with Crippen LogP contribution in [0.3, 0.4) is 0 Å². The fourth-order valence-corrected chi connectivity index (χ4v) is 3.79. The van der Waals surface area contributed by atoms with Crippen LogP contribution in [0.5, 0.6) is 0 Å². The number of nitrogens with zero attached hydrogens (tertiary/aromatic N) is 3. The molecular weight excluding hydrogens is 370 g/mol. The van der Waals surface area contributed by atoms with Crippen LogP contribution in [0.15, 0.2) is 12.1 Å². The lowest BCUT2D eigenvalue weighted by atomic mass is 9.84. The fraction of sp³-hybridized carbons (Fsp3) is 0.632. The van der Waals surface area contributed by atoms with Crippen molar-refractivity contribution < 1.29 is 23.0 Å². The first-order valence-electron chi connectivity index (χ1n) is 9.47. The topological polar surface area (TPSA) is 91.7 Å². The van der Waals surface area contributed by atoms with Crippen LogP contribution in [0.25, 0.3) is 5.52 Å². The molecule has 4 atom stereocenters. The molecule has 2 aromatic heterocycles. The number of ether oxygens (including phenoxy) is 2. The lowest BCUT2D eigenvalue weighted by Crippen LogP contribution is -2.38. The number of halogens is 2. The normalized spacial score (nSPS) is 27.6.